The Kier molecular flexibility index (Phi) is 8.24. The van der Waals surface area contributed by atoms with E-state index in [-0.39, 0.29) is 41.4 Å². The molecule has 6 nitrogen and oxygen atoms in total. The largest absolute Gasteiger partial charge is 0.423 e. The number of benzene rings is 2. The number of halogens is 1. The zero-order valence-corrected chi connectivity index (χ0v) is 18.0. The van der Waals surface area contributed by atoms with Crippen LogP contribution in [0.15, 0.2) is 54.6 Å². The first kappa shape index (κ1) is 24.0. The molecule has 0 bridgehead atoms. The van der Waals surface area contributed by atoms with Crippen LogP contribution in [0.1, 0.15) is 25.0 Å². The highest BCUT2D eigenvalue weighted by Gasteiger charge is 2.19. The number of methoxy groups -OCH3 is 2. The summed E-state index contributed by atoms with van der Waals surface area (Å²) in [7, 11) is 3.01. The van der Waals surface area contributed by atoms with E-state index in [1.807, 2.05) is 0 Å². The first-order chi connectivity index (χ1) is 14.7. The Morgan fingerprint density at radius 3 is 1.74 bits per heavy atom. The van der Waals surface area contributed by atoms with E-state index < -0.39 is 17.8 Å². The van der Waals surface area contributed by atoms with Crippen molar-refractivity contribution in [2.45, 2.75) is 27.1 Å². The molecule has 0 aliphatic heterocycles. The van der Waals surface area contributed by atoms with E-state index in [0.29, 0.717) is 16.7 Å². The van der Waals surface area contributed by atoms with Crippen molar-refractivity contribution < 1.29 is 32.9 Å². The topological polar surface area (TPSA) is 71.1 Å². The van der Waals surface area contributed by atoms with Gasteiger partial charge in [0.15, 0.2) is 0 Å². The smallest absolute Gasteiger partial charge is 0.338 e. The van der Waals surface area contributed by atoms with Gasteiger partial charge in [0.2, 0.25) is 0 Å². The van der Waals surface area contributed by atoms with Gasteiger partial charge in [0.05, 0.1) is 13.2 Å². The molecule has 0 radical (unpaired) electrons. The second-order valence-electron chi connectivity index (χ2n) is 6.96. The van der Waals surface area contributed by atoms with Gasteiger partial charge in [0, 0.05) is 37.0 Å². The van der Waals surface area contributed by atoms with Crippen molar-refractivity contribution in [3.05, 3.63) is 71.6 Å². The van der Waals surface area contributed by atoms with Crippen molar-refractivity contribution in [3.8, 4) is 22.6 Å². The number of carbonyl (C=O) groups excluding carboxylic acids is 2. The van der Waals surface area contributed by atoms with Gasteiger partial charge in [-0.15, -0.1) is 0 Å². The van der Waals surface area contributed by atoms with Crippen LogP contribution in [0.2, 0.25) is 0 Å². The van der Waals surface area contributed by atoms with Gasteiger partial charge >= 0.3 is 11.9 Å². The molecule has 2 rings (SSSR count). The van der Waals surface area contributed by atoms with Crippen LogP contribution in [0.25, 0.3) is 11.1 Å². The molecule has 0 N–H and O–H groups in total. The molecular formula is C24H25FO6. The predicted molar refractivity (Wildman–Crippen MR) is 114 cm³/mol. The summed E-state index contributed by atoms with van der Waals surface area (Å²) in [4.78, 5) is 23.6. The molecular weight excluding hydrogens is 403 g/mol. The summed E-state index contributed by atoms with van der Waals surface area (Å²) in [6, 6.07) is 7.32. The Bertz CT molecular complexity index is 998. The second-order valence-corrected chi connectivity index (χ2v) is 6.96. The zero-order valence-electron chi connectivity index (χ0n) is 18.0. The van der Waals surface area contributed by atoms with Crippen LogP contribution in [0.5, 0.6) is 11.5 Å². The number of hydrogen-bond acceptors (Lipinski definition) is 6. The maximum absolute atomic E-state index is 15.1. The number of rotatable bonds is 9. The molecule has 0 unspecified atom stereocenters. The second kappa shape index (κ2) is 10.7. The van der Waals surface area contributed by atoms with Gasteiger partial charge < -0.3 is 18.9 Å². The summed E-state index contributed by atoms with van der Waals surface area (Å²) in [6.07, 6.45) is 0. The Morgan fingerprint density at radius 2 is 1.32 bits per heavy atom. The van der Waals surface area contributed by atoms with E-state index in [2.05, 4.69) is 13.2 Å². The molecule has 2 aromatic carbocycles. The molecule has 7 heteroatoms. The molecule has 2 aromatic rings. The van der Waals surface area contributed by atoms with Gasteiger partial charge in [-0.1, -0.05) is 13.2 Å². The van der Waals surface area contributed by atoms with E-state index in [0.717, 1.165) is 6.07 Å². The molecule has 31 heavy (non-hydrogen) atoms. The summed E-state index contributed by atoms with van der Waals surface area (Å²) in [5.41, 5.74) is 2.42. The Hall–Kier alpha value is -3.29. The summed E-state index contributed by atoms with van der Waals surface area (Å²) < 4.78 is 36.0. The fourth-order valence-electron chi connectivity index (χ4n) is 2.83. The fraction of sp³-hybridized carbons (Fsp3) is 0.250. The Labute approximate surface area is 180 Å². The van der Waals surface area contributed by atoms with Gasteiger partial charge in [-0.25, -0.2) is 14.0 Å². The molecule has 0 amide bonds. The van der Waals surface area contributed by atoms with Crippen LogP contribution in [0.4, 0.5) is 4.39 Å². The van der Waals surface area contributed by atoms with Crippen LogP contribution < -0.4 is 9.47 Å². The van der Waals surface area contributed by atoms with Crippen molar-refractivity contribution >= 4 is 11.9 Å². The van der Waals surface area contributed by atoms with Crippen molar-refractivity contribution in [1.29, 1.82) is 0 Å². The average Bonchev–Trinajstić information content (AvgIpc) is 2.69. The van der Waals surface area contributed by atoms with Gasteiger partial charge in [-0.05, 0) is 54.8 Å². The number of esters is 2. The summed E-state index contributed by atoms with van der Waals surface area (Å²) in [5, 5.41) is 0. The highest BCUT2D eigenvalue weighted by molar-refractivity contribution is 5.89. The Morgan fingerprint density at radius 1 is 0.839 bits per heavy atom. The third-order valence-electron chi connectivity index (χ3n) is 4.20. The highest BCUT2D eigenvalue weighted by Crippen LogP contribution is 2.36. The van der Waals surface area contributed by atoms with Crippen LogP contribution in [0, 0.1) is 5.82 Å². The standard InChI is InChI=1S/C24H25FO6/c1-14(2)23(26)30-18-7-8-20(21(25)11-18)22-16(12-28-5)9-19(10-17(22)13-29-6)31-24(27)15(3)4/h7-11H,1,3,12-13H2,2,4-6H3. The predicted octanol–water partition coefficient (Wildman–Crippen LogP) is 4.75. The molecule has 0 aliphatic carbocycles. The minimum atomic E-state index is -0.643. The van der Waals surface area contributed by atoms with Crippen molar-refractivity contribution in [1.82, 2.24) is 0 Å². The van der Waals surface area contributed by atoms with E-state index in [1.54, 1.807) is 19.1 Å². The van der Waals surface area contributed by atoms with Gasteiger partial charge in [-0.2, -0.15) is 0 Å². The minimum absolute atomic E-state index is 0.0582. The monoisotopic (exact) mass is 428 g/mol. The molecule has 0 spiro atoms. The quantitative estimate of drug-likeness (QED) is 0.326. The van der Waals surface area contributed by atoms with Gasteiger partial charge in [0.1, 0.15) is 17.3 Å². The third-order valence-corrected chi connectivity index (χ3v) is 4.20. The third kappa shape index (κ3) is 6.10. The highest BCUT2D eigenvalue weighted by atomic mass is 19.1. The lowest BCUT2D eigenvalue weighted by Gasteiger charge is -2.18. The average molecular weight is 428 g/mol. The molecule has 0 heterocycles. The summed E-state index contributed by atoms with van der Waals surface area (Å²) in [6.45, 7) is 10.4. The Balaban J connectivity index is 2.57. The van der Waals surface area contributed by atoms with Crippen molar-refractivity contribution in [2.75, 3.05) is 14.2 Å². The van der Waals surface area contributed by atoms with Crippen LogP contribution in [0.3, 0.4) is 0 Å². The molecule has 0 aromatic heterocycles. The SMILES string of the molecule is C=C(C)C(=O)Oc1ccc(-c2c(COC)cc(OC(=O)C(=C)C)cc2COC)c(F)c1. The number of ether oxygens (including phenoxy) is 4. The van der Waals surface area contributed by atoms with Gasteiger partial charge in [0.25, 0.3) is 0 Å². The normalized spacial score (nSPS) is 10.5. The van der Waals surface area contributed by atoms with E-state index >= 15 is 4.39 Å². The first-order valence-corrected chi connectivity index (χ1v) is 9.36. The molecule has 0 saturated carbocycles. The fourth-order valence-corrected chi connectivity index (χ4v) is 2.83. The lowest BCUT2D eigenvalue weighted by atomic mass is 9.93. The minimum Gasteiger partial charge on any atom is -0.423 e. The van der Waals surface area contributed by atoms with Crippen LogP contribution in [-0.4, -0.2) is 26.2 Å². The maximum atomic E-state index is 15.1. The molecule has 0 aliphatic rings. The first-order valence-electron chi connectivity index (χ1n) is 9.36. The van der Waals surface area contributed by atoms with E-state index in [1.165, 1.54) is 33.3 Å². The lowest BCUT2D eigenvalue weighted by Crippen LogP contribution is -2.10. The lowest BCUT2D eigenvalue weighted by molar-refractivity contribution is -0.130. The molecule has 0 atom stereocenters. The molecule has 0 saturated heterocycles. The molecule has 164 valence electrons. The van der Waals surface area contributed by atoms with E-state index in [9.17, 15) is 9.59 Å². The number of carbonyl (C=O) groups is 2. The summed E-state index contributed by atoms with van der Waals surface area (Å²) >= 11 is 0. The van der Waals surface area contributed by atoms with E-state index in [4.69, 9.17) is 18.9 Å². The van der Waals surface area contributed by atoms with Crippen LogP contribution >= 0.6 is 0 Å². The maximum Gasteiger partial charge on any atom is 0.338 e. The summed E-state index contributed by atoms with van der Waals surface area (Å²) in [5.74, 6) is -1.50. The zero-order chi connectivity index (χ0) is 23.1. The number of hydrogen-bond donors (Lipinski definition) is 0. The van der Waals surface area contributed by atoms with Crippen molar-refractivity contribution in [2.24, 2.45) is 0 Å². The van der Waals surface area contributed by atoms with Crippen LogP contribution in [-0.2, 0) is 32.3 Å². The van der Waals surface area contributed by atoms with Gasteiger partial charge in [-0.3, -0.25) is 0 Å². The van der Waals surface area contributed by atoms with Crippen molar-refractivity contribution in [3.63, 3.8) is 0 Å². The molecule has 0 fully saturated rings.